The van der Waals surface area contributed by atoms with Crippen molar-refractivity contribution >= 4 is 11.9 Å². The van der Waals surface area contributed by atoms with Gasteiger partial charge in [-0.3, -0.25) is 14.5 Å². The summed E-state index contributed by atoms with van der Waals surface area (Å²) in [5, 5.41) is 9.02. The summed E-state index contributed by atoms with van der Waals surface area (Å²) in [4.78, 5) is 34.3. The SMILES string of the molecule is O=C(O)CN1CCC[C@@]2(CCC(=O)N(CCc3cnc[nH]3)C2)C1. The molecule has 7 heteroatoms. The van der Waals surface area contributed by atoms with Gasteiger partial charge in [0.15, 0.2) is 0 Å². The molecule has 2 N–H and O–H groups in total. The Morgan fingerprint density at radius 3 is 3.00 bits per heavy atom. The number of amides is 1. The Bertz CT molecular complexity index is 560. The Morgan fingerprint density at radius 1 is 1.39 bits per heavy atom. The van der Waals surface area contributed by atoms with Gasteiger partial charge >= 0.3 is 5.97 Å². The molecule has 2 fully saturated rings. The number of carboxylic acids is 1. The summed E-state index contributed by atoms with van der Waals surface area (Å²) in [7, 11) is 0. The molecule has 0 aliphatic carbocycles. The van der Waals surface area contributed by atoms with Crippen LogP contribution in [0, 0.1) is 5.41 Å². The van der Waals surface area contributed by atoms with Crippen molar-refractivity contribution in [2.45, 2.75) is 32.1 Å². The molecule has 0 saturated carbocycles. The lowest BCUT2D eigenvalue weighted by Crippen LogP contribution is -2.54. The number of carbonyl (C=O) groups excluding carboxylic acids is 1. The molecule has 1 spiro atoms. The van der Waals surface area contributed by atoms with Crippen LogP contribution in [0.3, 0.4) is 0 Å². The second-order valence-corrected chi connectivity index (χ2v) is 6.85. The molecule has 7 nitrogen and oxygen atoms in total. The quantitative estimate of drug-likeness (QED) is 0.835. The fourth-order valence-corrected chi connectivity index (χ4v) is 3.95. The van der Waals surface area contributed by atoms with Crippen LogP contribution in [0.4, 0.5) is 0 Å². The maximum atomic E-state index is 12.2. The molecule has 2 aliphatic heterocycles. The minimum atomic E-state index is -0.773. The second-order valence-electron chi connectivity index (χ2n) is 6.85. The van der Waals surface area contributed by atoms with E-state index in [1.165, 1.54) is 0 Å². The van der Waals surface area contributed by atoms with Gasteiger partial charge in [-0.25, -0.2) is 4.98 Å². The molecule has 3 heterocycles. The molecule has 2 saturated heterocycles. The number of carbonyl (C=O) groups is 2. The number of rotatable bonds is 5. The predicted molar refractivity (Wildman–Crippen MR) is 83.8 cm³/mol. The van der Waals surface area contributed by atoms with E-state index >= 15 is 0 Å². The molecule has 0 unspecified atom stereocenters. The van der Waals surface area contributed by atoms with Crippen LogP contribution in [0.2, 0.25) is 0 Å². The van der Waals surface area contributed by atoms with Gasteiger partial charge in [-0.1, -0.05) is 0 Å². The maximum Gasteiger partial charge on any atom is 0.317 e. The third kappa shape index (κ3) is 3.90. The molecule has 126 valence electrons. The summed E-state index contributed by atoms with van der Waals surface area (Å²) in [6.07, 6.45) is 7.76. The first kappa shape index (κ1) is 16.0. The smallest absolute Gasteiger partial charge is 0.317 e. The Morgan fingerprint density at radius 2 is 2.26 bits per heavy atom. The molecule has 0 radical (unpaired) electrons. The average molecular weight is 320 g/mol. The molecular formula is C16H24N4O3. The molecule has 0 aromatic carbocycles. The average Bonchev–Trinajstić information content (AvgIpc) is 3.01. The van der Waals surface area contributed by atoms with Crippen molar-refractivity contribution in [1.82, 2.24) is 19.8 Å². The van der Waals surface area contributed by atoms with Crippen molar-refractivity contribution < 1.29 is 14.7 Å². The zero-order valence-electron chi connectivity index (χ0n) is 13.3. The molecular weight excluding hydrogens is 296 g/mol. The van der Waals surface area contributed by atoms with E-state index in [0.29, 0.717) is 13.0 Å². The third-order valence-electron chi connectivity index (χ3n) is 5.05. The number of hydrogen-bond donors (Lipinski definition) is 2. The van der Waals surface area contributed by atoms with E-state index in [-0.39, 0.29) is 17.9 Å². The highest BCUT2D eigenvalue weighted by molar-refractivity contribution is 5.77. The topological polar surface area (TPSA) is 89.5 Å². The fraction of sp³-hybridized carbons (Fsp3) is 0.688. The minimum absolute atomic E-state index is 0.0651. The van der Waals surface area contributed by atoms with Crippen molar-refractivity contribution in [2.24, 2.45) is 5.41 Å². The number of imidazole rings is 1. The van der Waals surface area contributed by atoms with E-state index < -0.39 is 5.97 Å². The van der Waals surface area contributed by atoms with Gasteiger partial charge in [0, 0.05) is 49.8 Å². The van der Waals surface area contributed by atoms with Crippen molar-refractivity contribution in [3.8, 4) is 0 Å². The number of aromatic amines is 1. The van der Waals surface area contributed by atoms with Crippen molar-refractivity contribution in [1.29, 1.82) is 0 Å². The van der Waals surface area contributed by atoms with Crippen molar-refractivity contribution in [3.63, 3.8) is 0 Å². The van der Waals surface area contributed by atoms with Gasteiger partial charge in [0.1, 0.15) is 0 Å². The first-order valence-corrected chi connectivity index (χ1v) is 8.26. The van der Waals surface area contributed by atoms with Gasteiger partial charge in [-0.15, -0.1) is 0 Å². The molecule has 2 aliphatic rings. The lowest BCUT2D eigenvalue weighted by Gasteiger charge is -2.48. The highest BCUT2D eigenvalue weighted by Gasteiger charge is 2.41. The van der Waals surface area contributed by atoms with Crippen LogP contribution in [0.1, 0.15) is 31.4 Å². The minimum Gasteiger partial charge on any atom is -0.480 e. The first-order chi connectivity index (χ1) is 11.1. The summed E-state index contributed by atoms with van der Waals surface area (Å²) >= 11 is 0. The molecule has 1 aromatic heterocycles. The van der Waals surface area contributed by atoms with Crippen LogP contribution >= 0.6 is 0 Å². The Labute approximate surface area is 135 Å². The molecule has 1 aromatic rings. The summed E-state index contributed by atoms with van der Waals surface area (Å²) in [5.41, 5.74) is 1.10. The maximum absolute atomic E-state index is 12.2. The van der Waals surface area contributed by atoms with E-state index in [9.17, 15) is 9.59 Å². The molecule has 1 amide bonds. The number of piperidine rings is 2. The van der Waals surface area contributed by atoms with Crippen molar-refractivity contribution in [2.75, 3.05) is 32.7 Å². The van der Waals surface area contributed by atoms with Crippen LogP contribution in [-0.4, -0.2) is 69.5 Å². The Balaban J connectivity index is 1.61. The van der Waals surface area contributed by atoms with E-state index in [1.54, 1.807) is 12.5 Å². The summed E-state index contributed by atoms with van der Waals surface area (Å²) in [6, 6.07) is 0. The van der Waals surface area contributed by atoms with Gasteiger partial charge in [0.25, 0.3) is 0 Å². The third-order valence-corrected chi connectivity index (χ3v) is 5.05. The normalized spacial score (nSPS) is 25.9. The number of likely N-dealkylation sites (tertiary alicyclic amines) is 2. The van der Waals surface area contributed by atoms with E-state index in [1.807, 2.05) is 9.80 Å². The van der Waals surface area contributed by atoms with Gasteiger partial charge < -0.3 is 15.0 Å². The zero-order valence-corrected chi connectivity index (χ0v) is 13.3. The van der Waals surface area contributed by atoms with E-state index in [0.717, 1.165) is 51.0 Å². The molecule has 0 bridgehead atoms. The summed E-state index contributed by atoms with van der Waals surface area (Å²) in [5.74, 6) is -0.560. The molecule has 23 heavy (non-hydrogen) atoms. The zero-order chi connectivity index (χ0) is 16.3. The number of aliphatic carboxylic acids is 1. The first-order valence-electron chi connectivity index (χ1n) is 8.26. The van der Waals surface area contributed by atoms with Gasteiger partial charge in [0.05, 0.1) is 12.9 Å². The van der Waals surface area contributed by atoms with Crippen LogP contribution in [-0.2, 0) is 16.0 Å². The number of carboxylic acid groups (broad SMARTS) is 1. The summed E-state index contributed by atoms with van der Waals surface area (Å²) < 4.78 is 0. The Hall–Kier alpha value is -1.89. The number of aromatic nitrogens is 2. The van der Waals surface area contributed by atoms with E-state index in [2.05, 4.69) is 9.97 Å². The number of H-pyrrole nitrogens is 1. The molecule has 1 atom stereocenters. The Kier molecular flexibility index (Phi) is 4.66. The number of nitrogens with zero attached hydrogens (tertiary/aromatic N) is 3. The fourth-order valence-electron chi connectivity index (χ4n) is 3.95. The largest absolute Gasteiger partial charge is 0.480 e. The number of nitrogens with one attached hydrogen (secondary N) is 1. The van der Waals surface area contributed by atoms with Gasteiger partial charge in [-0.05, 0) is 25.8 Å². The predicted octanol–water partition coefficient (Wildman–Crippen LogP) is 0.741. The van der Waals surface area contributed by atoms with Crippen LogP contribution in [0.25, 0.3) is 0 Å². The van der Waals surface area contributed by atoms with E-state index in [4.69, 9.17) is 5.11 Å². The summed E-state index contributed by atoms with van der Waals surface area (Å²) in [6.45, 7) is 3.17. The second kappa shape index (κ2) is 6.70. The molecule has 3 rings (SSSR count). The van der Waals surface area contributed by atoms with Crippen LogP contribution < -0.4 is 0 Å². The standard InChI is InChI=1S/C16H24N4O3/c21-14-2-5-16(4-1-6-19(10-16)9-15(22)23)11-20(14)7-3-13-8-17-12-18-13/h8,12H,1-7,9-11H2,(H,17,18)(H,22,23)/t16-/m1/s1. The van der Waals surface area contributed by atoms with Gasteiger partial charge in [0.2, 0.25) is 5.91 Å². The lowest BCUT2D eigenvalue weighted by atomic mass is 9.73. The van der Waals surface area contributed by atoms with Crippen LogP contribution in [0.5, 0.6) is 0 Å². The highest BCUT2D eigenvalue weighted by atomic mass is 16.4. The lowest BCUT2D eigenvalue weighted by molar-refractivity contribution is -0.143. The monoisotopic (exact) mass is 320 g/mol. The highest BCUT2D eigenvalue weighted by Crippen LogP contribution is 2.38. The van der Waals surface area contributed by atoms with Crippen molar-refractivity contribution in [3.05, 3.63) is 18.2 Å². The number of hydrogen-bond acceptors (Lipinski definition) is 4. The van der Waals surface area contributed by atoms with Gasteiger partial charge in [-0.2, -0.15) is 0 Å². The van der Waals surface area contributed by atoms with Crippen LogP contribution in [0.15, 0.2) is 12.5 Å².